The number of nitrogens with two attached hydrogens (primary N) is 1. The molecule has 14 heteroatoms. The molecule has 0 spiro atoms. The van der Waals surface area contributed by atoms with Crippen molar-refractivity contribution < 1.29 is 31.1 Å². The van der Waals surface area contributed by atoms with Crippen LogP contribution in [0.15, 0.2) is 48.9 Å². The number of anilines is 2. The van der Waals surface area contributed by atoms with Crippen molar-refractivity contribution >= 4 is 44.0 Å². The van der Waals surface area contributed by atoms with Crippen molar-refractivity contribution in [2.45, 2.75) is 11.6 Å². The first-order valence-electron chi connectivity index (χ1n) is 10.1. The fourth-order valence-corrected chi connectivity index (χ4v) is 4.50. The highest BCUT2D eigenvalue weighted by molar-refractivity contribution is 7.93. The summed E-state index contributed by atoms with van der Waals surface area (Å²) in [5.41, 5.74) is 2.91. The highest BCUT2D eigenvalue weighted by Gasteiger charge is 2.46. The van der Waals surface area contributed by atoms with Crippen molar-refractivity contribution in [1.29, 1.82) is 0 Å². The molecule has 0 fully saturated rings. The van der Waals surface area contributed by atoms with Crippen LogP contribution in [0, 0.1) is 0 Å². The van der Waals surface area contributed by atoms with Gasteiger partial charge < -0.3 is 15.4 Å². The molecule has 4 aromatic rings. The Morgan fingerprint density at radius 2 is 2.00 bits per heavy atom. The summed E-state index contributed by atoms with van der Waals surface area (Å²) in [4.78, 5) is 23.1. The van der Waals surface area contributed by atoms with Crippen LogP contribution >= 0.6 is 0 Å². The molecule has 2 aromatic carbocycles. The number of nitrogens with one attached hydrogen (secondary N) is 1. The monoisotopic (exact) mass is 506 g/mol. The standard InChI is InChI=1S/C21H17F3N6O4S/c1-29(17-9-34-18-7-12(3-4-13(17)18)28-35(32,33)21(22,23)24)20(31)11-2-5-14-15(6-11)30-10-26-8-16(30)19(25)27-14/h2-8,10,17,28H,9H2,1H3,(H2,25,27)/t17-/m1/s1. The van der Waals surface area contributed by atoms with Crippen molar-refractivity contribution in [3.63, 3.8) is 0 Å². The number of nitrogen functional groups attached to an aromatic ring is 1. The molecule has 0 saturated heterocycles. The molecule has 0 radical (unpaired) electrons. The van der Waals surface area contributed by atoms with Gasteiger partial charge in [-0.2, -0.15) is 21.6 Å². The lowest BCUT2D eigenvalue weighted by atomic mass is 10.1. The maximum Gasteiger partial charge on any atom is 0.516 e. The molecule has 0 bridgehead atoms. The minimum absolute atomic E-state index is 0.0461. The van der Waals surface area contributed by atoms with Gasteiger partial charge in [-0.15, -0.1) is 0 Å². The molecule has 2 aromatic heterocycles. The van der Waals surface area contributed by atoms with Gasteiger partial charge in [-0.1, -0.05) is 6.07 Å². The Morgan fingerprint density at radius 3 is 2.74 bits per heavy atom. The number of carbonyl (C=O) groups is 1. The third-order valence-electron chi connectivity index (χ3n) is 5.74. The van der Waals surface area contributed by atoms with Gasteiger partial charge in [-0.3, -0.25) is 13.9 Å². The number of ether oxygens (including phenoxy) is 1. The van der Waals surface area contributed by atoms with Crippen LogP contribution in [0.1, 0.15) is 22.0 Å². The van der Waals surface area contributed by atoms with E-state index >= 15 is 0 Å². The smallest absolute Gasteiger partial charge is 0.491 e. The number of hydrogen-bond acceptors (Lipinski definition) is 7. The zero-order valence-electron chi connectivity index (χ0n) is 17.9. The summed E-state index contributed by atoms with van der Waals surface area (Å²) in [5.74, 6) is 0.151. The predicted octanol–water partition coefficient (Wildman–Crippen LogP) is 2.93. The number of aromatic nitrogens is 3. The minimum Gasteiger partial charge on any atom is -0.491 e. The van der Waals surface area contributed by atoms with E-state index in [1.54, 1.807) is 42.2 Å². The first-order valence-corrected chi connectivity index (χ1v) is 11.6. The Bertz CT molecular complexity index is 1600. The normalized spacial score (nSPS) is 15.7. The first kappa shape index (κ1) is 22.7. The number of alkyl halides is 3. The fourth-order valence-electron chi connectivity index (χ4n) is 3.94. The molecule has 35 heavy (non-hydrogen) atoms. The van der Waals surface area contributed by atoms with E-state index < -0.39 is 21.6 Å². The van der Waals surface area contributed by atoms with E-state index in [0.29, 0.717) is 33.5 Å². The van der Waals surface area contributed by atoms with E-state index in [1.807, 2.05) is 0 Å². The van der Waals surface area contributed by atoms with Gasteiger partial charge in [-0.25, -0.2) is 9.97 Å². The van der Waals surface area contributed by atoms with Crippen LogP contribution < -0.4 is 15.2 Å². The van der Waals surface area contributed by atoms with Crippen LogP contribution in [-0.4, -0.2) is 52.8 Å². The SMILES string of the molecule is CN(C(=O)c1ccc2nc(N)c3cncn3c2c1)[C@@H]1COc2cc(NS(=O)(=O)C(F)(F)F)ccc21. The number of halogens is 3. The van der Waals surface area contributed by atoms with E-state index in [-0.39, 0.29) is 24.0 Å². The lowest BCUT2D eigenvalue weighted by molar-refractivity contribution is -0.0429. The first-order chi connectivity index (χ1) is 16.5. The molecule has 3 N–H and O–H groups in total. The van der Waals surface area contributed by atoms with Gasteiger partial charge in [0.15, 0.2) is 0 Å². The maximum absolute atomic E-state index is 13.3. The van der Waals surface area contributed by atoms with Crippen LogP contribution in [0.2, 0.25) is 0 Å². The van der Waals surface area contributed by atoms with Gasteiger partial charge in [0.25, 0.3) is 5.91 Å². The number of likely N-dealkylation sites (N-methyl/N-ethyl adjacent to an activating group) is 1. The number of benzene rings is 2. The molecule has 10 nitrogen and oxygen atoms in total. The predicted molar refractivity (Wildman–Crippen MR) is 120 cm³/mol. The van der Waals surface area contributed by atoms with E-state index in [1.165, 1.54) is 21.8 Å². The summed E-state index contributed by atoms with van der Waals surface area (Å²) < 4.78 is 69.5. The van der Waals surface area contributed by atoms with E-state index in [4.69, 9.17) is 10.5 Å². The summed E-state index contributed by atoms with van der Waals surface area (Å²) in [7, 11) is -4.00. The fraction of sp³-hybridized carbons (Fsp3) is 0.190. The number of rotatable bonds is 4. The zero-order valence-corrected chi connectivity index (χ0v) is 18.8. The topological polar surface area (TPSA) is 132 Å². The lowest BCUT2D eigenvalue weighted by Crippen LogP contribution is -2.32. The van der Waals surface area contributed by atoms with Crippen LogP contribution in [0.25, 0.3) is 16.6 Å². The number of hydrogen-bond donors (Lipinski definition) is 2. The zero-order chi connectivity index (χ0) is 25.1. The molecule has 1 amide bonds. The summed E-state index contributed by atoms with van der Waals surface area (Å²) in [6, 6.07) is 8.17. The van der Waals surface area contributed by atoms with E-state index in [9.17, 15) is 26.4 Å². The quantitative estimate of drug-likeness (QED) is 0.435. The second kappa shape index (κ2) is 7.73. The van der Waals surface area contributed by atoms with Crippen molar-refractivity contribution in [2.75, 3.05) is 24.1 Å². The van der Waals surface area contributed by atoms with Crippen molar-refractivity contribution in [1.82, 2.24) is 19.3 Å². The molecule has 182 valence electrons. The maximum atomic E-state index is 13.3. The molecule has 3 heterocycles. The second-order valence-electron chi connectivity index (χ2n) is 7.90. The van der Waals surface area contributed by atoms with E-state index in [0.717, 1.165) is 6.07 Å². The number of imidazole rings is 1. The van der Waals surface area contributed by atoms with Crippen LogP contribution in [0.3, 0.4) is 0 Å². The van der Waals surface area contributed by atoms with E-state index in [2.05, 4.69) is 9.97 Å². The summed E-state index contributed by atoms with van der Waals surface area (Å²) in [6.07, 6.45) is 3.14. The highest BCUT2D eigenvalue weighted by atomic mass is 32.2. The summed E-state index contributed by atoms with van der Waals surface area (Å²) in [6.45, 7) is 0.0461. The number of carbonyl (C=O) groups excluding carboxylic acids is 1. The second-order valence-corrected chi connectivity index (χ2v) is 9.57. The van der Waals surface area contributed by atoms with Gasteiger partial charge in [0, 0.05) is 24.2 Å². The number of amides is 1. The number of sulfonamides is 1. The Labute approximate surface area is 196 Å². The molecule has 1 aliphatic heterocycles. The molecule has 0 saturated carbocycles. The van der Waals surface area contributed by atoms with Gasteiger partial charge in [-0.05, 0) is 24.3 Å². The molecule has 5 rings (SSSR count). The molecule has 0 aliphatic carbocycles. The summed E-state index contributed by atoms with van der Waals surface area (Å²) in [5, 5.41) is 0. The van der Waals surface area contributed by atoms with Crippen LogP contribution in [0.4, 0.5) is 24.7 Å². The minimum atomic E-state index is -5.57. The molecular weight excluding hydrogens is 489 g/mol. The lowest BCUT2D eigenvalue weighted by Gasteiger charge is -2.24. The average Bonchev–Trinajstić information content (AvgIpc) is 3.45. The molecular formula is C21H17F3N6O4S. The van der Waals surface area contributed by atoms with Crippen molar-refractivity contribution in [3.05, 3.63) is 60.0 Å². The molecule has 1 atom stereocenters. The van der Waals surface area contributed by atoms with Crippen molar-refractivity contribution in [3.8, 4) is 5.75 Å². The van der Waals surface area contributed by atoms with Crippen LogP contribution in [-0.2, 0) is 10.0 Å². The Balaban J connectivity index is 1.42. The van der Waals surface area contributed by atoms with Crippen LogP contribution in [0.5, 0.6) is 5.75 Å². The third-order valence-corrected chi connectivity index (χ3v) is 6.85. The Hall–Kier alpha value is -4.07. The average molecular weight is 506 g/mol. The Kier molecular flexibility index (Phi) is 5.01. The molecule has 1 aliphatic rings. The summed E-state index contributed by atoms with van der Waals surface area (Å²) >= 11 is 0. The Morgan fingerprint density at radius 1 is 1.23 bits per heavy atom. The van der Waals surface area contributed by atoms with Crippen molar-refractivity contribution in [2.24, 2.45) is 0 Å². The molecule has 0 unspecified atom stereocenters. The van der Waals surface area contributed by atoms with Gasteiger partial charge in [0.05, 0.1) is 35.3 Å². The highest BCUT2D eigenvalue weighted by Crippen LogP contribution is 2.39. The van der Waals surface area contributed by atoms with Gasteiger partial charge in [0.1, 0.15) is 23.7 Å². The van der Waals surface area contributed by atoms with Gasteiger partial charge in [0.2, 0.25) is 0 Å². The third kappa shape index (κ3) is 3.75. The van der Waals surface area contributed by atoms with Gasteiger partial charge >= 0.3 is 15.5 Å². The number of fused-ring (bicyclic) bond motifs is 4. The number of nitrogens with zero attached hydrogens (tertiary/aromatic N) is 4. The largest absolute Gasteiger partial charge is 0.516 e.